The van der Waals surface area contributed by atoms with E-state index in [1.165, 1.54) is 59.2 Å². The van der Waals surface area contributed by atoms with Crippen molar-refractivity contribution in [2.75, 3.05) is 4.90 Å². The van der Waals surface area contributed by atoms with E-state index >= 15 is 0 Å². The van der Waals surface area contributed by atoms with Gasteiger partial charge in [0.1, 0.15) is 11.2 Å². The van der Waals surface area contributed by atoms with Gasteiger partial charge in [-0.1, -0.05) is 115 Å². The van der Waals surface area contributed by atoms with Crippen molar-refractivity contribution in [1.82, 2.24) is 0 Å². The molecular weight excluding hydrogens is 567 g/mol. The van der Waals surface area contributed by atoms with Gasteiger partial charge in [-0.2, -0.15) is 0 Å². The molecule has 0 bridgehead atoms. The van der Waals surface area contributed by atoms with Gasteiger partial charge in [-0.3, -0.25) is 0 Å². The highest BCUT2D eigenvalue weighted by atomic mass is 32.1. The molecule has 216 valence electrons. The van der Waals surface area contributed by atoms with E-state index in [-0.39, 0.29) is 6.04 Å². The Morgan fingerprint density at radius 1 is 0.689 bits per heavy atom. The summed E-state index contributed by atoms with van der Waals surface area (Å²) >= 11 is 1.90. The maximum absolute atomic E-state index is 6.38. The van der Waals surface area contributed by atoms with Crippen molar-refractivity contribution >= 4 is 76.0 Å². The molecule has 0 radical (unpaired) electrons. The van der Waals surface area contributed by atoms with E-state index in [1.54, 1.807) is 0 Å². The molecule has 0 fully saturated rings. The molecule has 9 rings (SSSR count). The zero-order chi connectivity index (χ0) is 29.7. The fourth-order valence-electron chi connectivity index (χ4n) is 7.20. The highest BCUT2D eigenvalue weighted by molar-refractivity contribution is 7.26. The van der Waals surface area contributed by atoms with E-state index in [4.69, 9.17) is 4.42 Å². The first-order valence-corrected chi connectivity index (χ1v) is 16.6. The molecule has 0 aliphatic heterocycles. The molecule has 0 N–H and O–H groups in total. The summed E-state index contributed by atoms with van der Waals surface area (Å²) in [7, 11) is 0. The molecule has 0 saturated heterocycles. The summed E-state index contributed by atoms with van der Waals surface area (Å²) in [5.41, 5.74) is 9.54. The molecule has 0 saturated carbocycles. The van der Waals surface area contributed by atoms with Crippen molar-refractivity contribution in [3.63, 3.8) is 0 Å². The summed E-state index contributed by atoms with van der Waals surface area (Å²) in [6.07, 6.45) is 17.0. The van der Waals surface area contributed by atoms with Crippen LogP contribution in [0.5, 0.6) is 0 Å². The SMILES string of the molecule is C1=CCCC(c2ccccc2N(c2cccc3oc4ccccc4c23)C2C=CC(c3cccc4c3sc3ccccc34)=CC2)=C1. The van der Waals surface area contributed by atoms with Crippen molar-refractivity contribution in [2.45, 2.75) is 25.3 Å². The highest BCUT2D eigenvalue weighted by Gasteiger charge is 2.27. The molecule has 2 aliphatic rings. The maximum Gasteiger partial charge on any atom is 0.137 e. The van der Waals surface area contributed by atoms with E-state index in [1.807, 2.05) is 17.4 Å². The first-order valence-electron chi connectivity index (χ1n) is 15.8. The molecule has 45 heavy (non-hydrogen) atoms. The Morgan fingerprint density at radius 2 is 1.44 bits per heavy atom. The quantitative estimate of drug-likeness (QED) is 0.196. The van der Waals surface area contributed by atoms with Crippen LogP contribution < -0.4 is 4.90 Å². The fourth-order valence-corrected chi connectivity index (χ4v) is 8.44. The number of rotatable bonds is 5. The van der Waals surface area contributed by atoms with Crippen LogP contribution in [0, 0.1) is 0 Å². The molecule has 7 aromatic rings. The third-order valence-corrected chi connectivity index (χ3v) is 10.5. The number of nitrogens with zero attached hydrogens (tertiary/aromatic N) is 1. The van der Waals surface area contributed by atoms with Crippen LogP contribution in [0.15, 0.2) is 150 Å². The molecule has 2 aliphatic carbocycles. The van der Waals surface area contributed by atoms with Gasteiger partial charge in [0, 0.05) is 36.8 Å². The van der Waals surface area contributed by atoms with Crippen LogP contribution >= 0.6 is 11.3 Å². The number of benzene rings is 5. The molecule has 1 unspecified atom stereocenters. The molecule has 2 aromatic heterocycles. The summed E-state index contributed by atoms with van der Waals surface area (Å²) in [5.74, 6) is 0. The number of para-hydroxylation sites is 2. The van der Waals surface area contributed by atoms with Gasteiger partial charge < -0.3 is 9.32 Å². The summed E-state index contributed by atoms with van der Waals surface area (Å²) in [5, 5.41) is 5.00. The fraction of sp³-hybridized carbons (Fsp3) is 0.0952. The third kappa shape index (κ3) is 4.38. The minimum atomic E-state index is 0.135. The number of fused-ring (bicyclic) bond motifs is 6. The van der Waals surface area contributed by atoms with Gasteiger partial charge in [-0.15, -0.1) is 11.3 Å². The second kappa shape index (κ2) is 10.8. The van der Waals surface area contributed by atoms with Gasteiger partial charge in [0.25, 0.3) is 0 Å². The Balaban J connectivity index is 1.20. The van der Waals surface area contributed by atoms with E-state index in [0.29, 0.717) is 0 Å². The van der Waals surface area contributed by atoms with Gasteiger partial charge in [0.05, 0.1) is 17.1 Å². The van der Waals surface area contributed by atoms with Crippen LogP contribution in [0.1, 0.15) is 30.4 Å². The monoisotopic (exact) mass is 597 g/mol. The molecular formula is C42H31NOS. The lowest BCUT2D eigenvalue weighted by atomic mass is 9.92. The molecule has 0 amide bonds. The molecule has 2 heterocycles. The standard InChI is InChI=1S/C42H31NOS/c1-2-12-28(13-3-1)31-14-4-7-19-36(31)43(37-20-11-22-39-41(37)35-16-5-8-21-38(35)44-39)30-26-24-29(25-27-30)32-17-10-18-34-33-15-6-9-23-40(33)45-42(32)34/h1-2,4-12,14-26,30H,3,13,27H2. The predicted octanol–water partition coefficient (Wildman–Crippen LogP) is 12.2. The summed E-state index contributed by atoms with van der Waals surface area (Å²) in [4.78, 5) is 2.56. The van der Waals surface area contributed by atoms with Crippen LogP contribution in [-0.2, 0) is 0 Å². The molecule has 1 atom stereocenters. The Hall–Kier alpha value is -5.12. The van der Waals surface area contributed by atoms with Crippen LogP contribution in [0.3, 0.4) is 0 Å². The van der Waals surface area contributed by atoms with Gasteiger partial charge in [0.15, 0.2) is 0 Å². The van der Waals surface area contributed by atoms with Crippen molar-refractivity contribution in [2.24, 2.45) is 0 Å². The van der Waals surface area contributed by atoms with E-state index in [2.05, 4.69) is 144 Å². The van der Waals surface area contributed by atoms with Crippen LogP contribution in [-0.4, -0.2) is 6.04 Å². The van der Waals surface area contributed by atoms with E-state index in [0.717, 1.165) is 35.8 Å². The van der Waals surface area contributed by atoms with Crippen molar-refractivity contribution < 1.29 is 4.42 Å². The topological polar surface area (TPSA) is 16.4 Å². The number of furan rings is 1. The van der Waals surface area contributed by atoms with Crippen molar-refractivity contribution in [3.8, 4) is 0 Å². The number of allylic oxidation sites excluding steroid dienone is 6. The predicted molar refractivity (Wildman–Crippen MR) is 194 cm³/mol. The largest absolute Gasteiger partial charge is 0.456 e. The Kier molecular flexibility index (Phi) is 6.31. The minimum Gasteiger partial charge on any atom is -0.456 e. The zero-order valence-electron chi connectivity index (χ0n) is 24.8. The number of thiophene rings is 1. The van der Waals surface area contributed by atoms with E-state index < -0.39 is 0 Å². The normalized spacial score (nSPS) is 16.5. The molecule has 3 heteroatoms. The summed E-state index contributed by atoms with van der Waals surface area (Å²) < 4.78 is 9.08. The average molecular weight is 598 g/mol. The summed E-state index contributed by atoms with van der Waals surface area (Å²) in [6.45, 7) is 0. The molecule has 2 nitrogen and oxygen atoms in total. The third-order valence-electron chi connectivity index (χ3n) is 9.29. The van der Waals surface area contributed by atoms with Crippen molar-refractivity contribution in [1.29, 1.82) is 0 Å². The maximum atomic E-state index is 6.38. The lowest BCUT2D eigenvalue weighted by Gasteiger charge is -2.35. The van der Waals surface area contributed by atoms with E-state index in [9.17, 15) is 0 Å². The number of hydrogen-bond acceptors (Lipinski definition) is 3. The van der Waals surface area contributed by atoms with Gasteiger partial charge in [-0.05, 0) is 66.3 Å². The first-order chi connectivity index (χ1) is 22.3. The van der Waals surface area contributed by atoms with Crippen LogP contribution in [0.25, 0.3) is 53.3 Å². The smallest absolute Gasteiger partial charge is 0.137 e. The van der Waals surface area contributed by atoms with Crippen LogP contribution in [0.2, 0.25) is 0 Å². The van der Waals surface area contributed by atoms with Crippen LogP contribution in [0.4, 0.5) is 11.4 Å². The highest BCUT2D eigenvalue weighted by Crippen LogP contribution is 2.45. The van der Waals surface area contributed by atoms with Gasteiger partial charge >= 0.3 is 0 Å². The van der Waals surface area contributed by atoms with Crippen molar-refractivity contribution in [3.05, 3.63) is 157 Å². The Morgan fingerprint density at radius 3 is 2.33 bits per heavy atom. The lowest BCUT2D eigenvalue weighted by molar-refractivity contribution is 0.668. The molecule has 5 aromatic carbocycles. The number of anilines is 2. The summed E-state index contributed by atoms with van der Waals surface area (Å²) in [6, 6.07) is 39.5. The first kappa shape index (κ1) is 26.3. The average Bonchev–Trinajstić information content (AvgIpc) is 3.68. The zero-order valence-corrected chi connectivity index (χ0v) is 25.6. The Labute approximate surface area is 266 Å². The minimum absolute atomic E-state index is 0.135. The van der Waals surface area contributed by atoms with Gasteiger partial charge in [0.2, 0.25) is 0 Å². The van der Waals surface area contributed by atoms with Gasteiger partial charge in [-0.25, -0.2) is 0 Å². The second-order valence-electron chi connectivity index (χ2n) is 11.9. The second-order valence-corrected chi connectivity index (χ2v) is 12.9. The lowest BCUT2D eigenvalue weighted by Crippen LogP contribution is -2.31. The Bertz CT molecular complexity index is 2380. The molecule has 0 spiro atoms. The number of hydrogen-bond donors (Lipinski definition) is 0.